The first-order chi connectivity index (χ1) is 28.0. The summed E-state index contributed by atoms with van der Waals surface area (Å²) < 4.78 is 5.86. The number of aldehydes is 1. The highest BCUT2D eigenvalue weighted by atomic mass is 35.5. The van der Waals surface area contributed by atoms with Crippen molar-refractivity contribution in [1.29, 1.82) is 5.26 Å². The summed E-state index contributed by atoms with van der Waals surface area (Å²) in [6.07, 6.45) is 6.60. The Balaban J connectivity index is 0.000000252. The molecule has 1 N–H and O–H groups in total. The van der Waals surface area contributed by atoms with Gasteiger partial charge in [0.25, 0.3) is 11.8 Å². The Kier molecular flexibility index (Phi) is 12.5. The van der Waals surface area contributed by atoms with Gasteiger partial charge in [0.2, 0.25) is 17.7 Å². The van der Waals surface area contributed by atoms with E-state index in [1.54, 1.807) is 24.3 Å². The lowest BCUT2D eigenvalue weighted by Gasteiger charge is -2.38. The second kappa shape index (κ2) is 17.9. The number of carbonyl (C=O) groups is 6. The number of piperidine rings is 4. The molecule has 302 valence electrons. The van der Waals surface area contributed by atoms with Gasteiger partial charge in [0.05, 0.1) is 21.7 Å². The maximum absolute atomic E-state index is 13.3. The predicted octanol–water partition coefficient (Wildman–Crippen LogP) is 5.21. The largest absolute Gasteiger partial charge is 0.490 e. The summed E-state index contributed by atoms with van der Waals surface area (Å²) in [5.74, 6) is -0.764. The molecule has 4 fully saturated rings. The van der Waals surface area contributed by atoms with Crippen molar-refractivity contribution in [3.63, 3.8) is 0 Å². The average molecular weight is 807 g/mol. The van der Waals surface area contributed by atoms with E-state index >= 15 is 0 Å². The smallest absolute Gasteiger partial charge is 0.262 e. The molecule has 3 aromatic rings. The lowest BCUT2D eigenvalue weighted by atomic mass is 9.87. The standard InChI is InChI=1S/C31H32N4O6.C13H15ClN2O/c36-18-19-1-3-20(4-2-19)21-9-15-34(16-10-21)29(39)22-11-13-33(14-12-22)23-5-6-24-25(17-23)31(41)35(30(24)40)26-7-8-27(37)32-28(26)38;1-16-6-4-11(5-7-16)17-12-3-2-10(9-15)13(14)8-12/h1-6,17-18,21-22,26H,7-16H2,(H,32,37,38);2-3,8,11H,4-7H2,1H3. The number of fused-ring (bicyclic) bond motifs is 1. The average Bonchev–Trinajstić information content (AvgIpc) is 3.49. The highest BCUT2D eigenvalue weighted by molar-refractivity contribution is 6.31. The number of nitrogens with zero attached hydrogens (tertiary/aromatic N) is 5. The van der Waals surface area contributed by atoms with Crippen LogP contribution in [0, 0.1) is 17.2 Å². The molecule has 5 aliphatic heterocycles. The summed E-state index contributed by atoms with van der Waals surface area (Å²) in [5, 5.41) is 11.4. The van der Waals surface area contributed by atoms with Crippen molar-refractivity contribution >= 4 is 53.1 Å². The van der Waals surface area contributed by atoms with Crippen LogP contribution in [0.5, 0.6) is 5.75 Å². The van der Waals surface area contributed by atoms with Gasteiger partial charge < -0.3 is 19.4 Å². The maximum atomic E-state index is 13.3. The lowest BCUT2D eigenvalue weighted by Crippen LogP contribution is -2.54. The molecular formula is C44H47ClN6O7. The number of halogens is 1. The maximum Gasteiger partial charge on any atom is 0.262 e. The number of amides is 5. The Hall–Kier alpha value is -5.58. The first-order valence-corrected chi connectivity index (χ1v) is 20.4. The minimum atomic E-state index is -0.988. The molecule has 0 aromatic heterocycles. The van der Waals surface area contributed by atoms with E-state index in [1.165, 1.54) is 5.56 Å². The zero-order chi connectivity index (χ0) is 40.9. The predicted molar refractivity (Wildman–Crippen MR) is 216 cm³/mol. The fourth-order valence-corrected chi connectivity index (χ4v) is 8.75. The molecule has 0 bridgehead atoms. The molecule has 0 radical (unpaired) electrons. The van der Waals surface area contributed by atoms with Crippen molar-refractivity contribution in [2.24, 2.45) is 5.92 Å². The van der Waals surface area contributed by atoms with E-state index in [9.17, 15) is 28.8 Å². The third-order valence-electron chi connectivity index (χ3n) is 12.0. The first-order valence-electron chi connectivity index (χ1n) is 20.0. The highest BCUT2D eigenvalue weighted by Gasteiger charge is 2.45. The van der Waals surface area contributed by atoms with Crippen LogP contribution in [-0.4, -0.2) is 109 Å². The van der Waals surface area contributed by atoms with Gasteiger partial charge in [-0.3, -0.25) is 39.0 Å². The monoisotopic (exact) mass is 806 g/mol. The van der Waals surface area contributed by atoms with Gasteiger partial charge in [0.1, 0.15) is 30.3 Å². The van der Waals surface area contributed by atoms with Gasteiger partial charge in [-0.15, -0.1) is 0 Å². The van der Waals surface area contributed by atoms with Crippen LogP contribution in [0.3, 0.4) is 0 Å². The van der Waals surface area contributed by atoms with Gasteiger partial charge in [-0.1, -0.05) is 35.9 Å². The fourth-order valence-electron chi connectivity index (χ4n) is 8.53. The summed E-state index contributed by atoms with van der Waals surface area (Å²) in [5.41, 5.74) is 3.70. The molecule has 3 aromatic carbocycles. The van der Waals surface area contributed by atoms with E-state index in [0.717, 1.165) is 74.5 Å². The number of anilines is 1. The zero-order valence-corrected chi connectivity index (χ0v) is 33.3. The van der Waals surface area contributed by atoms with Gasteiger partial charge in [-0.25, -0.2) is 0 Å². The number of ether oxygens (including phenoxy) is 1. The summed E-state index contributed by atoms with van der Waals surface area (Å²) in [4.78, 5) is 81.6. The fraction of sp³-hybridized carbons (Fsp3) is 0.432. The van der Waals surface area contributed by atoms with Crippen LogP contribution in [0.15, 0.2) is 60.7 Å². The van der Waals surface area contributed by atoms with Crippen molar-refractivity contribution < 1.29 is 33.5 Å². The summed E-state index contributed by atoms with van der Waals surface area (Å²) >= 11 is 5.96. The minimum Gasteiger partial charge on any atom is -0.490 e. The molecule has 0 aliphatic carbocycles. The van der Waals surface area contributed by atoms with Crippen molar-refractivity contribution in [3.05, 3.63) is 93.5 Å². The van der Waals surface area contributed by atoms with Crippen molar-refractivity contribution in [2.45, 2.75) is 69.4 Å². The summed E-state index contributed by atoms with van der Waals surface area (Å²) in [6, 6.07) is 19.1. The highest BCUT2D eigenvalue weighted by Crippen LogP contribution is 2.34. The van der Waals surface area contributed by atoms with Crippen LogP contribution in [0.4, 0.5) is 5.69 Å². The zero-order valence-electron chi connectivity index (χ0n) is 32.5. The molecule has 5 amide bonds. The second-order valence-electron chi connectivity index (χ2n) is 15.7. The molecule has 5 aliphatic rings. The molecule has 4 saturated heterocycles. The number of nitriles is 1. The molecule has 14 heteroatoms. The van der Waals surface area contributed by atoms with Crippen molar-refractivity contribution in [2.75, 3.05) is 51.2 Å². The third kappa shape index (κ3) is 8.93. The number of nitrogens with one attached hydrogen (secondary N) is 1. The summed E-state index contributed by atoms with van der Waals surface area (Å²) in [7, 11) is 2.12. The molecule has 0 saturated carbocycles. The Morgan fingerprint density at radius 3 is 2.16 bits per heavy atom. The Morgan fingerprint density at radius 1 is 0.828 bits per heavy atom. The molecule has 0 spiro atoms. The summed E-state index contributed by atoms with van der Waals surface area (Å²) in [6.45, 7) is 4.90. The van der Waals surface area contributed by atoms with Crippen LogP contribution in [0.2, 0.25) is 5.02 Å². The molecule has 8 rings (SSSR count). The van der Waals surface area contributed by atoms with E-state index in [2.05, 4.69) is 22.2 Å². The van der Waals surface area contributed by atoms with Crippen LogP contribution in [0.1, 0.15) is 99.5 Å². The topological polar surface area (TPSA) is 160 Å². The Morgan fingerprint density at radius 2 is 1.52 bits per heavy atom. The molecule has 1 atom stereocenters. The minimum absolute atomic E-state index is 0.0460. The number of imide groups is 2. The second-order valence-corrected chi connectivity index (χ2v) is 16.1. The Bertz CT molecular complexity index is 2110. The number of rotatable bonds is 7. The molecule has 5 heterocycles. The van der Waals surface area contributed by atoms with E-state index in [-0.39, 0.29) is 41.9 Å². The number of hydrogen-bond donors (Lipinski definition) is 1. The SMILES string of the molecule is CN1CCC(Oc2ccc(C#N)c(Cl)c2)CC1.O=Cc1ccc(C2CCN(C(=O)C3CCN(c4ccc5c(c4)C(=O)N(C4CCC(=O)NC4=O)C5=O)CC3)CC2)cc1. The van der Waals surface area contributed by atoms with Gasteiger partial charge in [-0.2, -0.15) is 5.26 Å². The van der Waals surface area contributed by atoms with Gasteiger partial charge in [0, 0.05) is 68.9 Å². The number of likely N-dealkylation sites (tertiary alicyclic amines) is 2. The van der Waals surface area contributed by atoms with Gasteiger partial charge >= 0.3 is 0 Å². The van der Waals surface area contributed by atoms with Crippen LogP contribution in [0.25, 0.3) is 0 Å². The molecule has 58 heavy (non-hydrogen) atoms. The van der Waals surface area contributed by atoms with Crippen LogP contribution >= 0.6 is 11.6 Å². The van der Waals surface area contributed by atoms with Crippen molar-refractivity contribution in [1.82, 2.24) is 20.0 Å². The Labute approximate surface area is 342 Å². The molecule has 1 unspecified atom stereocenters. The first kappa shape index (κ1) is 40.6. The number of benzene rings is 3. The normalized spacial score (nSPS) is 20.8. The lowest BCUT2D eigenvalue weighted by molar-refractivity contribution is -0.137. The van der Waals surface area contributed by atoms with E-state index in [0.29, 0.717) is 48.0 Å². The third-order valence-corrected chi connectivity index (χ3v) is 12.3. The van der Waals surface area contributed by atoms with Gasteiger partial charge in [-0.05, 0) is 93.8 Å². The van der Waals surface area contributed by atoms with E-state index in [4.69, 9.17) is 21.6 Å². The van der Waals surface area contributed by atoms with Crippen molar-refractivity contribution in [3.8, 4) is 11.8 Å². The van der Waals surface area contributed by atoms with Crippen LogP contribution in [-0.2, 0) is 14.4 Å². The quantitative estimate of drug-likeness (QED) is 0.248. The van der Waals surface area contributed by atoms with E-state index in [1.807, 2.05) is 47.4 Å². The molecule has 13 nitrogen and oxygen atoms in total. The van der Waals surface area contributed by atoms with Crippen LogP contribution < -0.4 is 15.0 Å². The van der Waals surface area contributed by atoms with Gasteiger partial charge in [0.15, 0.2) is 0 Å². The molecular weight excluding hydrogens is 760 g/mol. The van der Waals surface area contributed by atoms with E-state index < -0.39 is 29.7 Å². The number of hydrogen-bond acceptors (Lipinski definition) is 10. The number of carbonyl (C=O) groups excluding carboxylic acids is 6.